The number of nitrogens with zero attached hydrogens (tertiary/aromatic N) is 1. The molecule has 0 bridgehead atoms. The molecule has 0 radical (unpaired) electrons. The maximum absolute atomic E-state index is 11.6. The van der Waals surface area contributed by atoms with Crippen LogP contribution >= 0.6 is 24.8 Å². The number of hydrogen-bond acceptors (Lipinski definition) is 3. The van der Waals surface area contributed by atoms with Gasteiger partial charge in [-0.15, -0.1) is 24.8 Å². The predicted molar refractivity (Wildman–Crippen MR) is 74.9 cm³/mol. The van der Waals surface area contributed by atoms with Gasteiger partial charge in [-0.3, -0.25) is 4.79 Å². The molecule has 0 saturated carbocycles. The van der Waals surface area contributed by atoms with Gasteiger partial charge in [-0.1, -0.05) is 19.9 Å². The molecule has 6 heteroatoms. The number of hydrogen-bond donors (Lipinski definition) is 2. The van der Waals surface area contributed by atoms with Crippen LogP contribution in [0.25, 0.3) is 0 Å². The lowest BCUT2D eigenvalue weighted by Crippen LogP contribution is -2.39. The van der Waals surface area contributed by atoms with Crippen molar-refractivity contribution in [2.45, 2.75) is 26.8 Å². The van der Waals surface area contributed by atoms with E-state index >= 15 is 0 Å². The summed E-state index contributed by atoms with van der Waals surface area (Å²) in [5.74, 6) is 0.471. The van der Waals surface area contributed by atoms with E-state index in [1.54, 1.807) is 12.3 Å². The highest BCUT2D eigenvalue weighted by Gasteiger charge is 2.17. The minimum Gasteiger partial charge on any atom is -0.320 e. The molecule has 1 rings (SSSR count). The van der Waals surface area contributed by atoms with E-state index in [-0.39, 0.29) is 36.6 Å². The molecule has 4 nitrogen and oxygen atoms in total. The Labute approximate surface area is 114 Å². The highest BCUT2D eigenvalue weighted by molar-refractivity contribution is 5.94. The number of carbonyl (C=O) groups is 1. The molecular formula is C11H19Cl2N3O. The van der Waals surface area contributed by atoms with E-state index in [0.717, 1.165) is 5.56 Å². The quantitative estimate of drug-likeness (QED) is 0.891. The minimum atomic E-state index is -0.492. The highest BCUT2D eigenvalue weighted by atomic mass is 35.5. The van der Waals surface area contributed by atoms with E-state index in [9.17, 15) is 4.79 Å². The second-order valence-electron chi connectivity index (χ2n) is 3.98. The molecule has 1 heterocycles. The summed E-state index contributed by atoms with van der Waals surface area (Å²) < 4.78 is 0. The first-order valence-corrected chi connectivity index (χ1v) is 5.00. The number of rotatable bonds is 3. The van der Waals surface area contributed by atoms with Crippen LogP contribution in [0, 0.1) is 12.8 Å². The Morgan fingerprint density at radius 3 is 2.35 bits per heavy atom. The number of pyridine rings is 1. The van der Waals surface area contributed by atoms with Crippen molar-refractivity contribution in [1.82, 2.24) is 4.98 Å². The van der Waals surface area contributed by atoms with Gasteiger partial charge in [0.05, 0.1) is 6.04 Å². The summed E-state index contributed by atoms with van der Waals surface area (Å²) in [6.45, 7) is 5.76. The fraction of sp³-hybridized carbons (Fsp3) is 0.455. The molecular weight excluding hydrogens is 261 g/mol. The monoisotopic (exact) mass is 279 g/mol. The van der Waals surface area contributed by atoms with Gasteiger partial charge in [-0.05, 0) is 24.5 Å². The van der Waals surface area contributed by atoms with Gasteiger partial charge in [-0.2, -0.15) is 0 Å². The fourth-order valence-electron chi connectivity index (χ4n) is 1.05. The highest BCUT2D eigenvalue weighted by Crippen LogP contribution is 2.06. The molecule has 0 aromatic carbocycles. The number of anilines is 1. The summed E-state index contributed by atoms with van der Waals surface area (Å²) in [5, 5.41) is 2.68. The third kappa shape index (κ3) is 5.86. The van der Waals surface area contributed by atoms with E-state index in [4.69, 9.17) is 5.73 Å². The number of halogens is 2. The van der Waals surface area contributed by atoms with Crippen molar-refractivity contribution in [3.8, 4) is 0 Å². The summed E-state index contributed by atoms with van der Waals surface area (Å²) in [6.07, 6.45) is 1.70. The van der Waals surface area contributed by atoms with Gasteiger partial charge < -0.3 is 11.1 Å². The number of nitrogens with one attached hydrogen (secondary N) is 1. The molecule has 1 amide bonds. The van der Waals surface area contributed by atoms with Gasteiger partial charge in [-0.25, -0.2) is 4.98 Å². The van der Waals surface area contributed by atoms with Crippen molar-refractivity contribution in [2.24, 2.45) is 11.7 Å². The Morgan fingerprint density at radius 1 is 1.35 bits per heavy atom. The van der Waals surface area contributed by atoms with Gasteiger partial charge in [0.15, 0.2) is 0 Å². The summed E-state index contributed by atoms with van der Waals surface area (Å²) in [7, 11) is 0. The first-order valence-electron chi connectivity index (χ1n) is 5.00. The van der Waals surface area contributed by atoms with Gasteiger partial charge in [0.2, 0.25) is 5.91 Å². The average Bonchev–Trinajstić information content (AvgIpc) is 2.20. The normalized spacial score (nSPS) is 11.1. The lowest BCUT2D eigenvalue weighted by atomic mass is 10.1. The van der Waals surface area contributed by atoms with Crippen molar-refractivity contribution in [1.29, 1.82) is 0 Å². The number of carbonyl (C=O) groups excluding carboxylic acids is 1. The van der Waals surface area contributed by atoms with Gasteiger partial charge in [0.1, 0.15) is 5.82 Å². The molecule has 3 N–H and O–H groups in total. The molecule has 0 unspecified atom stereocenters. The number of aryl methyl sites for hydroxylation is 1. The molecule has 0 saturated heterocycles. The lowest BCUT2D eigenvalue weighted by molar-refractivity contribution is -0.118. The van der Waals surface area contributed by atoms with Crippen LogP contribution in [0.15, 0.2) is 18.3 Å². The second kappa shape index (κ2) is 8.28. The molecule has 1 atom stereocenters. The van der Waals surface area contributed by atoms with Crippen molar-refractivity contribution in [3.05, 3.63) is 23.9 Å². The van der Waals surface area contributed by atoms with Crippen molar-refractivity contribution < 1.29 is 4.79 Å². The number of amides is 1. The SMILES string of the molecule is Cc1ccc(NC(=O)[C@H](N)C(C)C)nc1.Cl.Cl. The minimum absolute atomic E-state index is 0. The van der Waals surface area contributed by atoms with Crippen LogP contribution in [0.5, 0.6) is 0 Å². The Hall–Kier alpha value is -0.840. The zero-order valence-electron chi connectivity index (χ0n) is 10.1. The number of nitrogens with two attached hydrogens (primary N) is 1. The van der Waals surface area contributed by atoms with Crippen LogP contribution in [-0.4, -0.2) is 16.9 Å². The van der Waals surface area contributed by atoms with Crippen LogP contribution in [0.3, 0.4) is 0 Å². The third-order valence-electron chi connectivity index (χ3n) is 2.18. The second-order valence-corrected chi connectivity index (χ2v) is 3.98. The number of aromatic nitrogens is 1. The van der Waals surface area contributed by atoms with E-state index in [2.05, 4.69) is 10.3 Å². The maximum Gasteiger partial charge on any atom is 0.242 e. The van der Waals surface area contributed by atoms with Crippen LogP contribution in [0.2, 0.25) is 0 Å². The Bertz CT molecular complexity index is 341. The summed E-state index contributed by atoms with van der Waals surface area (Å²) >= 11 is 0. The Morgan fingerprint density at radius 2 is 1.94 bits per heavy atom. The Balaban J connectivity index is 0. The Kier molecular flexibility index (Phi) is 9.02. The van der Waals surface area contributed by atoms with Gasteiger partial charge in [0, 0.05) is 6.20 Å². The zero-order chi connectivity index (χ0) is 11.4. The first-order chi connectivity index (χ1) is 7.00. The molecule has 98 valence electrons. The zero-order valence-corrected chi connectivity index (χ0v) is 11.8. The molecule has 0 spiro atoms. The smallest absolute Gasteiger partial charge is 0.242 e. The topological polar surface area (TPSA) is 68.0 Å². The largest absolute Gasteiger partial charge is 0.320 e. The third-order valence-corrected chi connectivity index (χ3v) is 2.18. The first kappa shape index (κ1) is 18.5. The molecule has 0 fully saturated rings. The summed E-state index contributed by atoms with van der Waals surface area (Å²) in [5.41, 5.74) is 6.75. The van der Waals surface area contributed by atoms with Gasteiger partial charge in [0.25, 0.3) is 0 Å². The summed E-state index contributed by atoms with van der Waals surface area (Å²) in [4.78, 5) is 15.6. The van der Waals surface area contributed by atoms with Crippen molar-refractivity contribution >= 4 is 36.5 Å². The van der Waals surface area contributed by atoms with E-state index < -0.39 is 6.04 Å². The van der Waals surface area contributed by atoms with E-state index in [1.807, 2.05) is 26.8 Å². The molecule has 0 aliphatic carbocycles. The maximum atomic E-state index is 11.6. The van der Waals surface area contributed by atoms with Crippen LogP contribution in [0.1, 0.15) is 19.4 Å². The lowest BCUT2D eigenvalue weighted by Gasteiger charge is -2.14. The molecule has 0 aliphatic rings. The van der Waals surface area contributed by atoms with E-state index in [0.29, 0.717) is 5.82 Å². The van der Waals surface area contributed by atoms with Crippen LogP contribution < -0.4 is 11.1 Å². The molecule has 1 aromatic heterocycles. The predicted octanol–water partition coefficient (Wildman–Crippen LogP) is 2.16. The standard InChI is InChI=1S/C11H17N3O.2ClH/c1-7(2)10(12)11(15)14-9-5-4-8(3)6-13-9;;/h4-7,10H,12H2,1-3H3,(H,13,14,15);2*1H/t10-;;/m1../s1. The van der Waals surface area contributed by atoms with Crippen LogP contribution in [0.4, 0.5) is 5.82 Å². The molecule has 17 heavy (non-hydrogen) atoms. The average molecular weight is 280 g/mol. The fourth-order valence-corrected chi connectivity index (χ4v) is 1.05. The molecule has 0 aliphatic heterocycles. The van der Waals surface area contributed by atoms with Gasteiger partial charge >= 0.3 is 0 Å². The van der Waals surface area contributed by atoms with Crippen molar-refractivity contribution in [2.75, 3.05) is 5.32 Å². The molecule has 1 aromatic rings. The van der Waals surface area contributed by atoms with E-state index in [1.165, 1.54) is 0 Å². The van der Waals surface area contributed by atoms with Crippen molar-refractivity contribution in [3.63, 3.8) is 0 Å². The summed E-state index contributed by atoms with van der Waals surface area (Å²) in [6, 6.07) is 3.16. The van der Waals surface area contributed by atoms with Crippen LogP contribution in [-0.2, 0) is 4.79 Å².